The number of para-hydroxylation sites is 1. The summed E-state index contributed by atoms with van der Waals surface area (Å²) in [6.07, 6.45) is 0.529. The first-order valence-corrected chi connectivity index (χ1v) is 4.65. The van der Waals surface area contributed by atoms with Crippen LogP contribution in [0.5, 0.6) is 0 Å². The van der Waals surface area contributed by atoms with Crippen molar-refractivity contribution in [3.05, 3.63) is 42.0 Å². The predicted molar refractivity (Wildman–Crippen MR) is 59.9 cm³/mol. The summed E-state index contributed by atoms with van der Waals surface area (Å²) < 4.78 is 0. The minimum Gasteiger partial charge on any atom is -0.398 e. The molecule has 1 aromatic rings. The van der Waals surface area contributed by atoms with Crippen LogP contribution in [0, 0.1) is 0 Å². The quantitative estimate of drug-likeness (QED) is 0.569. The minimum absolute atomic E-state index is 0.529. The molecule has 1 atom stereocenters. The second-order valence-electron chi connectivity index (χ2n) is 3.99. The van der Waals surface area contributed by atoms with Gasteiger partial charge in [-0.1, -0.05) is 23.8 Å². The van der Waals surface area contributed by atoms with Crippen LogP contribution in [0.15, 0.2) is 36.4 Å². The molecule has 0 aliphatic rings. The Hall–Kier alpha value is -1.28. The molecule has 1 aromatic carbocycles. The van der Waals surface area contributed by atoms with E-state index < -0.39 is 5.60 Å². The first kappa shape index (κ1) is 10.8. The monoisotopic (exact) mass is 191 g/mol. The maximum absolute atomic E-state index is 10.2. The summed E-state index contributed by atoms with van der Waals surface area (Å²) in [5.74, 6) is 0. The van der Waals surface area contributed by atoms with Gasteiger partial charge in [0.05, 0.1) is 5.60 Å². The Morgan fingerprint density at radius 1 is 1.50 bits per heavy atom. The molecule has 0 amide bonds. The Morgan fingerprint density at radius 2 is 2.07 bits per heavy atom. The molecule has 0 spiro atoms. The highest BCUT2D eigenvalue weighted by Gasteiger charge is 2.24. The zero-order valence-corrected chi connectivity index (χ0v) is 8.75. The molecule has 0 saturated heterocycles. The molecule has 2 heteroatoms. The van der Waals surface area contributed by atoms with Crippen LogP contribution in [-0.2, 0) is 5.60 Å². The highest BCUT2D eigenvalue weighted by atomic mass is 16.3. The first-order chi connectivity index (χ1) is 6.43. The Balaban J connectivity index is 3.03. The van der Waals surface area contributed by atoms with E-state index in [4.69, 9.17) is 5.73 Å². The topological polar surface area (TPSA) is 46.2 Å². The minimum atomic E-state index is -0.919. The molecule has 0 bridgehead atoms. The van der Waals surface area contributed by atoms with E-state index in [0.717, 1.165) is 11.1 Å². The van der Waals surface area contributed by atoms with E-state index in [2.05, 4.69) is 6.58 Å². The second kappa shape index (κ2) is 3.84. The molecule has 0 aliphatic heterocycles. The summed E-state index contributed by atoms with van der Waals surface area (Å²) in [7, 11) is 0. The van der Waals surface area contributed by atoms with Gasteiger partial charge in [-0.05, 0) is 19.9 Å². The molecule has 0 aromatic heterocycles. The van der Waals surface area contributed by atoms with Crippen LogP contribution in [0.1, 0.15) is 25.8 Å². The highest BCUT2D eigenvalue weighted by Crippen LogP contribution is 2.30. The van der Waals surface area contributed by atoms with Crippen LogP contribution < -0.4 is 5.73 Å². The summed E-state index contributed by atoms with van der Waals surface area (Å²) in [6.45, 7) is 7.45. The van der Waals surface area contributed by atoms with Gasteiger partial charge < -0.3 is 10.8 Å². The van der Waals surface area contributed by atoms with Gasteiger partial charge in [-0.3, -0.25) is 0 Å². The Morgan fingerprint density at radius 3 is 2.57 bits per heavy atom. The molecule has 76 valence electrons. The van der Waals surface area contributed by atoms with Crippen LogP contribution >= 0.6 is 0 Å². The molecule has 3 N–H and O–H groups in total. The molecule has 0 fully saturated rings. The third-order valence-electron chi connectivity index (χ3n) is 2.19. The molecular weight excluding hydrogens is 174 g/mol. The van der Waals surface area contributed by atoms with E-state index in [1.54, 1.807) is 13.0 Å². The third-order valence-corrected chi connectivity index (χ3v) is 2.19. The van der Waals surface area contributed by atoms with Crippen molar-refractivity contribution in [1.29, 1.82) is 0 Å². The van der Waals surface area contributed by atoms with Gasteiger partial charge in [0.25, 0.3) is 0 Å². The summed E-state index contributed by atoms with van der Waals surface area (Å²) in [4.78, 5) is 0. The molecule has 0 aliphatic carbocycles. The van der Waals surface area contributed by atoms with Crippen LogP contribution in [0.4, 0.5) is 5.69 Å². The largest absolute Gasteiger partial charge is 0.398 e. The first-order valence-electron chi connectivity index (χ1n) is 4.65. The average molecular weight is 191 g/mol. The SMILES string of the molecule is C=C(C)C[C@@](C)(O)c1ccccc1N. The van der Waals surface area contributed by atoms with Gasteiger partial charge in [0.2, 0.25) is 0 Å². The van der Waals surface area contributed by atoms with Gasteiger partial charge in [-0.2, -0.15) is 0 Å². The molecule has 1 rings (SSSR count). The van der Waals surface area contributed by atoms with E-state index in [1.807, 2.05) is 25.1 Å². The van der Waals surface area contributed by atoms with Crippen molar-refractivity contribution in [2.45, 2.75) is 25.9 Å². The fourth-order valence-electron chi connectivity index (χ4n) is 1.67. The van der Waals surface area contributed by atoms with E-state index in [1.165, 1.54) is 0 Å². The lowest BCUT2D eigenvalue weighted by molar-refractivity contribution is 0.0586. The second-order valence-corrected chi connectivity index (χ2v) is 3.99. The number of benzene rings is 1. The molecule has 0 saturated carbocycles. The number of nitrogens with two attached hydrogens (primary N) is 1. The average Bonchev–Trinajstić information content (AvgIpc) is 2.02. The Kier molecular flexibility index (Phi) is 2.96. The van der Waals surface area contributed by atoms with Crippen LogP contribution in [0.2, 0.25) is 0 Å². The van der Waals surface area contributed by atoms with E-state index >= 15 is 0 Å². The molecule has 0 heterocycles. The summed E-state index contributed by atoms with van der Waals surface area (Å²) in [6, 6.07) is 7.37. The lowest BCUT2D eigenvalue weighted by Crippen LogP contribution is -2.22. The molecular formula is C12H17NO. The third kappa shape index (κ3) is 2.36. The van der Waals surface area contributed by atoms with E-state index in [0.29, 0.717) is 12.1 Å². The van der Waals surface area contributed by atoms with Crippen LogP contribution in [0.3, 0.4) is 0 Å². The lowest BCUT2D eigenvalue weighted by Gasteiger charge is -2.25. The zero-order chi connectivity index (χ0) is 10.8. The molecule has 0 radical (unpaired) electrons. The van der Waals surface area contributed by atoms with Crippen molar-refractivity contribution >= 4 is 5.69 Å². The fraction of sp³-hybridized carbons (Fsp3) is 0.333. The molecule has 0 unspecified atom stereocenters. The number of hydrogen-bond donors (Lipinski definition) is 2. The van der Waals surface area contributed by atoms with Crippen molar-refractivity contribution in [3.63, 3.8) is 0 Å². The van der Waals surface area contributed by atoms with Gasteiger partial charge in [0, 0.05) is 17.7 Å². The maximum atomic E-state index is 10.2. The van der Waals surface area contributed by atoms with Crippen molar-refractivity contribution in [1.82, 2.24) is 0 Å². The normalized spacial score (nSPS) is 14.8. The summed E-state index contributed by atoms with van der Waals surface area (Å²) in [5, 5.41) is 10.2. The van der Waals surface area contributed by atoms with Gasteiger partial charge in [0.15, 0.2) is 0 Å². The number of anilines is 1. The number of rotatable bonds is 3. The molecule has 2 nitrogen and oxygen atoms in total. The van der Waals surface area contributed by atoms with Crippen LogP contribution in [-0.4, -0.2) is 5.11 Å². The van der Waals surface area contributed by atoms with Crippen molar-refractivity contribution in [3.8, 4) is 0 Å². The van der Waals surface area contributed by atoms with Gasteiger partial charge in [-0.25, -0.2) is 0 Å². The van der Waals surface area contributed by atoms with Crippen molar-refractivity contribution in [2.75, 3.05) is 5.73 Å². The van der Waals surface area contributed by atoms with Crippen molar-refractivity contribution in [2.24, 2.45) is 0 Å². The number of nitrogen functional groups attached to an aromatic ring is 1. The molecule has 14 heavy (non-hydrogen) atoms. The van der Waals surface area contributed by atoms with Gasteiger partial charge in [-0.15, -0.1) is 6.58 Å². The van der Waals surface area contributed by atoms with E-state index in [9.17, 15) is 5.11 Å². The fourth-order valence-corrected chi connectivity index (χ4v) is 1.67. The smallest absolute Gasteiger partial charge is 0.0925 e. The van der Waals surface area contributed by atoms with E-state index in [-0.39, 0.29) is 0 Å². The lowest BCUT2D eigenvalue weighted by atomic mass is 9.89. The Bertz CT molecular complexity index is 342. The van der Waals surface area contributed by atoms with Gasteiger partial charge >= 0.3 is 0 Å². The zero-order valence-electron chi connectivity index (χ0n) is 8.75. The van der Waals surface area contributed by atoms with Crippen molar-refractivity contribution < 1.29 is 5.11 Å². The van der Waals surface area contributed by atoms with Crippen LogP contribution in [0.25, 0.3) is 0 Å². The number of hydrogen-bond acceptors (Lipinski definition) is 2. The Labute approximate surface area is 85.1 Å². The maximum Gasteiger partial charge on any atom is 0.0925 e. The number of aliphatic hydroxyl groups is 1. The predicted octanol–water partition coefficient (Wildman–Crippen LogP) is 2.44. The van der Waals surface area contributed by atoms with Gasteiger partial charge in [0.1, 0.15) is 0 Å². The summed E-state index contributed by atoms with van der Waals surface area (Å²) >= 11 is 0. The summed E-state index contributed by atoms with van der Waals surface area (Å²) in [5.41, 5.74) is 7.21. The highest BCUT2D eigenvalue weighted by molar-refractivity contribution is 5.49. The standard InChI is InChI=1S/C12H17NO/c1-9(2)8-12(3,14)10-6-4-5-7-11(10)13/h4-7,14H,1,8,13H2,2-3H3/t12-/m1/s1.